The summed E-state index contributed by atoms with van der Waals surface area (Å²) in [4.78, 5) is 0. The Bertz CT molecular complexity index is 815. The molecular weight excluding hydrogens is 428 g/mol. The third kappa shape index (κ3) is 4.01. The van der Waals surface area contributed by atoms with Crippen molar-refractivity contribution in [1.29, 1.82) is 0 Å². The molecule has 3 fully saturated rings. The van der Waals surface area contributed by atoms with Gasteiger partial charge in [-0.2, -0.15) is 0 Å². The van der Waals surface area contributed by atoms with E-state index in [-0.39, 0.29) is 25.6 Å². The number of benzene rings is 1. The van der Waals surface area contributed by atoms with Gasteiger partial charge in [0.15, 0.2) is 5.60 Å². The first-order valence-electron chi connectivity index (χ1n) is 11.8. The standard InChI is InChI=1S/C25H36O8/c1-2-3-15-4-8-19(9-5-15)32-23-25(31)18(11-13-27)14-17-7-6-16(10-12-26)20(28)21(33-23)24(17,30)22(25)29/h2,4-5,8-9,16-18,20-23,26-31H,1,3,6-7,10-14H2/t16-,17-,18+,20-,21-,22+,23+,24-,25-/m1/s1. The van der Waals surface area contributed by atoms with Gasteiger partial charge in [0.1, 0.15) is 23.6 Å². The Labute approximate surface area is 194 Å². The van der Waals surface area contributed by atoms with Crippen molar-refractivity contribution in [1.82, 2.24) is 0 Å². The van der Waals surface area contributed by atoms with Gasteiger partial charge < -0.3 is 40.1 Å². The maximum atomic E-state index is 11.8. The van der Waals surface area contributed by atoms with Crippen LogP contribution in [0, 0.1) is 17.8 Å². The Morgan fingerprint density at radius 1 is 1.03 bits per heavy atom. The number of hydrogen-bond acceptors (Lipinski definition) is 8. The zero-order valence-electron chi connectivity index (χ0n) is 18.8. The number of allylic oxidation sites excluding steroid dienone is 1. The summed E-state index contributed by atoms with van der Waals surface area (Å²) in [6, 6.07) is 7.17. The van der Waals surface area contributed by atoms with Crippen LogP contribution in [-0.2, 0) is 11.2 Å². The Kier molecular flexibility index (Phi) is 7.17. The highest BCUT2D eigenvalue weighted by atomic mass is 16.7. The number of fused-ring (bicyclic) bond motifs is 1. The summed E-state index contributed by atoms with van der Waals surface area (Å²) < 4.78 is 12.1. The zero-order chi connectivity index (χ0) is 23.8. The van der Waals surface area contributed by atoms with Gasteiger partial charge in [0.25, 0.3) is 0 Å². The molecule has 0 spiro atoms. The highest BCUT2D eigenvalue weighted by Gasteiger charge is 2.73. The topological polar surface area (TPSA) is 140 Å². The van der Waals surface area contributed by atoms with Gasteiger partial charge >= 0.3 is 0 Å². The molecule has 1 aliphatic heterocycles. The molecule has 2 bridgehead atoms. The molecule has 2 aliphatic carbocycles. The lowest BCUT2D eigenvalue weighted by Crippen LogP contribution is -2.81. The second-order valence-electron chi connectivity index (χ2n) is 9.80. The van der Waals surface area contributed by atoms with Crippen molar-refractivity contribution in [2.45, 2.75) is 74.3 Å². The van der Waals surface area contributed by atoms with Gasteiger partial charge in [-0.15, -0.1) is 6.58 Å². The van der Waals surface area contributed by atoms with E-state index in [0.717, 1.165) is 5.56 Å². The van der Waals surface area contributed by atoms with Crippen LogP contribution in [0.1, 0.15) is 37.7 Å². The summed E-state index contributed by atoms with van der Waals surface area (Å²) in [6.45, 7) is 3.41. The molecule has 1 aromatic carbocycles. The number of ether oxygens (including phenoxy) is 2. The minimum atomic E-state index is -1.99. The Morgan fingerprint density at radius 3 is 2.36 bits per heavy atom. The first kappa shape index (κ1) is 24.6. The van der Waals surface area contributed by atoms with E-state index in [4.69, 9.17) is 9.47 Å². The fraction of sp³-hybridized carbons (Fsp3) is 0.680. The average molecular weight is 465 g/mol. The monoisotopic (exact) mass is 464 g/mol. The maximum Gasteiger partial charge on any atom is 0.232 e. The van der Waals surface area contributed by atoms with Crippen molar-refractivity contribution >= 4 is 0 Å². The fourth-order valence-electron chi connectivity index (χ4n) is 6.24. The van der Waals surface area contributed by atoms with Gasteiger partial charge in [-0.25, -0.2) is 0 Å². The van der Waals surface area contributed by atoms with Crippen LogP contribution >= 0.6 is 0 Å². The first-order valence-corrected chi connectivity index (χ1v) is 11.8. The van der Waals surface area contributed by atoms with Crippen molar-refractivity contribution in [3.05, 3.63) is 42.5 Å². The second-order valence-corrected chi connectivity index (χ2v) is 9.80. The van der Waals surface area contributed by atoms with Crippen LogP contribution in [0.4, 0.5) is 0 Å². The van der Waals surface area contributed by atoms with Gasteiger partial charge in [-0.1, -0.05) is 18.2 Å². The smallest absolute Gasteiger partial charge is 0.232 e. The molecule has 1 aromatic rings. The first-order chi connectivity index (χ1) is 15.8. The van der Waals surface area contributed by atoms with Crippen molar-refractivity contribution in [2.75, 3.05) is 13.2 Å². The van der Waals surface area contributed by atoms with E-state index in [1.807, 2.05) is 12.1 Å². The molecule has 6 N–H and O–H groups in total. The molecule has 9 atom stereocenters. The molecule has 33 heavy (non-hydrogen) atoms. The Hall–Kier alpha value is -1.52. The quantitative estimate of drug-likeness (QED) is 0.306. The van der Waals surface area contributed by atoms with Gasteiger partial charge in [-0.05, 0) is 74.0 Å². The van der Waals surface area contributed by atoms with Gasteiger partial charge in [0, 0.05) is 13.2 Å². The summed E-state index contributed by atoms with van der Waals surface area (Å²) in [5, 5.41) is 65.2. The molecule has 1 heterocycles. The number of hydrogen-bond donors (Lipinski definition) is 6. The minimum Gasteiger partial charge on any atom is -0.462 e. The Balaban J connectivity index is 1.71. The van der Waals surface area contributed by atoms with E-state index in [9.17, 15) is 30.6 Å². The average Bonchev–Trinajstić information content (AvgIpc) is 2.90. The largest absolute Gasteiger partial charge is 0.462 e. The third-order valence-electron chi connectivity index (χ3n) is 8.06. The van der Waals surface area contributed by atoms with Crippen LogP contribution in [0.3, 0.4) is 0 Å². The third-order valence-corrected chi connectivity index (χ3v) is 8.06. The molecule has 8 heteroatoms. The van der Waals surface area contributed by atoms with Crippen molar-refractivity contribution in [2.24, 2.45) is 17.8 Å². The molecule has 0 aromatic heterocycles. The maximum absolute atomic E-state index is 11.8. The summed E-state index contributed by atoms with van der Waals surface area (Å²) in [5.41, 5.74) is -2.83. The lowest BCUT2D eigenvalue weighted by molar-refractivity contribution is -0.398. The van der Waals surface area contributed by atoms with E-state index in [0.29, 0.717) is 37.9 Å². The summed E-state index contributed by atoms with van der Waals surface area (Å²) >= 11 is 0. The molecule has 2 saturated carbocycles. The van der Waals surface area contributed by atoms with Gasteiger partial charge in [0.05, 0.1) is 6.10 Å². The van der Waals surface area contributed by atoms with Crippen LogP contribution in [0.15, 0.2) is 36.9 Å². The molecule has 184 valence electrons. The molecule has 1 saturated heterocycles. The van der Waals surface area contributed by atoms with Crippen molar-refractivity contribution in [3.63, 3.8) is 0 Å². The summed E-state index contributed by atoms with van der Waals surface area (Å²) in [5.74, 6) is -0.950. The van der Waals surface area contributed by atoms with Gasteiger partial charge in [-0.3, -0.25) is 0 Å². The minimum absolute atomic E-state index is 0.117. The van der Waals surface area contributed by atoms with E-state index >= 15 is 0 Å². The molecule has 0 unspecified atom stereocenters. The van der Waals surface area contributed by atoms with Crippen molar-refractivity contribution in [3.8, 4) is 5.75 Å². The second kappa shape index (κ2) is 9.62. The van der Waals surface area contributed by atoms with Crippen LogP contribution < -0.4 is 4.74 Å². The molecular formula is C25H36O8. The van der Waals surface area contributed by atoms with E-state index in [1.165, 1.54) is 0 Å². The van der Waals surface area contributed by atoms with Gasteiger partial charge in [0.2, 0.25) is 6.29 Å². The van der Waals surface area contributed by atoms with E-state index in [2.05, 4.69) is 6.58 Å². The van der Waals surface area contributed by atoms with E-state index in [1.54, 1.807) is 18.2 Å². The predicted molar refractivity (Wildman–Crippen MR) is 119 cm³/mol. The molecule has 0 radical (unpaired) electrons. The molecule has 4 rings (SSSR count). The molecule has 3 aliphatic rings. The highest BCUT2D eigenvalue weighted by Crippen LogP contribution is 2.56. The molecule has 8 nitrogen and oxygen atoms in total. The van der Waals surface area contributed by atoms with Crippen LogP contribution in [-0.4, -0.2) is 79.7 Å². The van der Waals surface area contributed by atoms with Crippen LogP contribution in [0.5, 0.6) is 5.75 Å². The zero-order valence-corrected chi connectivity index (χ0v) is 18.8. The Morgan fingerprint density at radius 2 is 1.73 bits per heavy atom. The highest BCUT2D eigenvalue weighted by molar-refractivity contribution is 5.29. The predicted octanol–water partition coefficient (Wildman–Crippen LogP) is 0.514. The molecule has 0 amide bonds. The lowest BCUT2D eigenvalue weighted by atomic mass is 9.56. The summed E-state index contributed by atoms with van der Waals surface area (Å²) in [6.07, 6.45) is -0.958. The van der Waals surface area contributed by atoms with E-state index < -0.39 is 47.6 Å². The van der Waals surface area contributed by atoms with Crippen molar-refractivity contribution < 1.29 is 40.1 Å². The van der Waals surface area contributed by atoms with Crippen LogP contribution in [0.25, 0.3) is 0 Å². The number of rotatable bonds is 8. The van der Waals surface area contributed by atoms with Crippen LogP contribution in [0.2, 0.25) is 0 Å². The summed E-state index contributed by atoms with van der Waals surface area (Å²) in [7, 11) is 0. The number of aliphatic hydroxyl groups is 6. The normalized spacial score (nSPS) is 42.4. The lowest BCUT2D eigenvalue weighted by Gasteiger charge is -2.62. The fourth-order valence-corrected chi connectivity index (χ4v) is 6.24. The SMILES string of the molecule is C=CCc1ccc(O[C@H]2O[C@@H]3[C@H](O)[C@@H](CCO)CC[C@@H]4C[C@H](CCO)[C@@]2(O)[C@@H](O)[C@@]43O)cc1. The number of aliphatic hydroxyl groups excluding tert-OH is 4.